The third-order valence-electron chi connectivity index (χ3n) is 5.29. The summed E-state index contributed by atoms with van der Waals surface area (Å²) in [6.07, 6.45) is 6.21. The number of pyridine rings is 1. The maximum atomic E-state index is 12.7. The number of nitrogens with zero attached hydrogens (tertiary/aromatic N) is 2. The van der Waals surface area contributed by atoms with E-state index in [4.69, 9.17) is 0 Å². The maximum Gasteiger partial charge on any atom is 0.229 e. The van der Waals surface area contributed by atoms with Crippen LogP contribution in [0.1, 0.15) is 31.2 Å². The predicted molar refractivity (Wildman–Crippen MR) is 109 cm³/mol. The van der Waals surface area contributed by atoms with Crippen molar-refractivity contribution in [1.29, 1.82) is 0 Å². The van der Waals surface area contributed by atoms with Crippen LogP contribution in [0.3, 0.4) is 0 Å². The van der Waals surface area contributed by atoms with E-state index in [0.717, 1.165) is 49.3 Å². The van der Waals surface area contributed by atoms with Gasteiger partial charge < -0.3 is 15.5 Å². The number of piperidine rings is 1. The van der Waals surface area contributed by atoms with Gasteiger partial charge in [0.2, 0.25) is 11.8 Å². The zero-order valence-corrected chi connectivity index (χ0v) is 15.9. The summed E-state index contributed by atoms with van der Waals surface area (Å²) in [6.45, 7) is 1.61. The molecule has 0 radical (unpaired) electrons. The summed E-state index contributed by atoms with van der Waals surface area (Å²) < 4.78 is 0. The van der Waals surface area contributed by atoms with Gasteiger partial charge in [-0.25, -0.2) is 4.98 Å². The van der Waals surface area contributed by atoms with Crippen molar-refractivity contribution in [2.45, 2.75) is 38.1 Å². The first kappa shape index (κ1) is 18.5. The molecule has 2 aliphatic rings. The lowest BCUT2D eigenvalue weighted by Crippen LogP contribution is -2.41. The van der Waals surface area contributed by atoms with Crippen molar-refractivity contribution in [3.8, 4) is 0 Å². The number of nitrogens with one attached hydrogen (secondary N) is 2. The van der Waals surface area contributed by atoms with E-state index in [2.05, 4.69) is 20.5 Å². The molecule has 2 fully saturated rings. The Morgan fingerprint density at radius 2 is 1.89 bits per heavy atom. The largest absolute Gasteiger partial charge is 0.356 e. The highest BCUT2D eigenvalue weighted by molar-refractivity contribution is 5.93. The first-order valence-corrected chi connectivity index (χ1v) is 10.0. The van der Waals surface area contributed by atoms with Crippen molar-refractivity contribution >= 4 is 23.3 Å². The van der Waals surface area contributed by atoms with Crippen molar-refractivity contribution in [3.05, 3.63) is 54.2 Å². The van der Waals surface area contributed by atoms with E-state index in [1.165, 1.54) is 0 Å². The second kappa shape index (κ2) is 8.42. The van der Waals surface area contributed by atoms with E-state index < -0.39 is 0 Å². The molecule has 0 spiro atoms. The Morgan fingerprint density at radius 1 is 1.07 bits per heavy atom. The smallest absolute Gasteiger partial charge is 0.229 e. The number of aromatic nitrogens is 1. The van der Waals surface area contributed by atoms with Gasteiger partial charge in [-0.05, 0) is 55.5 Å². The quantitative estimate of drug-likeness (QED) is 0.811. The first-order valence-electron chi connectivity index (χ1n) is 10.0. The van der Waals surface area contributed by atoms with Crippen LogP contribution in [0.5, 0.6) is 0 Å². The van der Waals surface area contributed by atoms with Crippen LogP contribution in [0, 0.1) is 5.92 Å². The number of carbonyl (C=O) groups is 2. The Balaban J connectivity index is 1.30. The number of rotatable bonds is 6. The van der Waals surface area contributed by atoms with Gasteiger partial charge in [-0.3, -0.25) is 9.59 Å². The third-order valence-corrected chi connectivity index (χ3v) is 5.29. The molecule has 28 heavy (non-hydrogen) atoms. The van der Waals surface area contributed by atoms with E-state index in [1.807, 2.05) is 42.5 Å². The van der Waals surface area contributed by atoms with E-state index in [-0.39, 0.29) is 17.7 Å². The lowest BCUT2D eigenvalue weighted by molar-refractivity contribution is -0.121. The number of hydrogen-bond acceptors (Lipinski definition) is 4. The molecule has 4 rings (SSSR count). The van der Waals surface area contributed by atoms with E-state index >= 15 is 0 Å². The maximum absolute atomic E-state index is 12.7. The highest BCUT2D eigenvalue weighted by atomic mass is 16.2. The van der Waals surface area contributed by atoms with Crippen LogP contribution in [-0.2, 0) is 16.0 Å². The average Bonchev–Trinajstić information content (AvgIpc) is 3.54. The summed E-state index contributed by atoms with van der Waals surface area (Å²) in [4.78, 5) is 31.2. The highest BCUT2D eigenvalue weighted by Crippen LogP contribution is 2.23. The van der Waals surface area contributed by atoms with Crippen molar-refractivity contribution in [2.24, 2.45) is 5.92 Å². The molecule has 146 valence electrons. The minimum atomic E-state index is -0.0558. The summed E-state index contributed by atoms with van der Waals surface area (Å²) in [5, 5.41) is 6.01. The molecule has 1 atom stereocenters. The Morgan fingerprint density at radius 3 is 2.61 bits per heavy atom. The molecule has 2 aromatic rings. The van der Waals surface area contributed by atoms with Gasteiger partial charge in [0, 0.05) is 31.0 Å². The molecule has 1 aliphatic heterocycles. The molecule has 2 heterocycles. The molecule has 2 N–H and O–H groups in total. The standard InChI is InChI=1S/C22H26N4O2/c27-21(24-18-10-11-18)14-16-6-8-19(9-7-16)25-22(28)17-4-3-13-26(15-17)20-5-1-2-12-23-20/h1-2,5-9,12,17-18H,3-4,10-11,13-15H2,(H,24,27)(H,25,28). The lowest BCUT2D eigenvalue weighted by Gasteiger charge is -2.32. The second-order valence-corrected chi connectivity index (χ2v) is 7.68. The number of amides is 2. The van der Waals surface area contributed by atoms with E-state index in [0.29, 0.717) is 19.0 Å². The van der Waals surface area contributed by atoms with Crippen LogP contribution in [0.25, 0.3) is 0 Å². The number of anilines is 2. The average molecular weight is 378 g/mol. The monoisotopic (exact) mass is 378 g/mol. The van der Waals surface area contributed by atoms with Crippen LogP contribution in [0.2, 0.25) is 0 Å². The second-order valence-electron chi connectivity index (χ2n) is 7.68. The molecule has 6 heteroatoms. The fourth-order valence-electron chi connectivity index (χ4n) is 3.58. The number of hydrogen-bond donors (Lipinski definition) is 2. The Bertz CT molecular complexity index is 818. The molecule has 1 saturated carbocycles. The predicted octanol–water partition coefficient (Wildman–Crippen LogP) is 2.76. The molecular formula is C22H26N4O2. The lowest BCUT2D eigenvalue weighted by atomic mass is 9.97. The van der Waals surface area contributed by atoms with Gasteiger partial charge in [-0.15, -0.1) is 0 Å². The zero-order chi connectivity index (χ0) is 19.3. The fraction of sp³-hybridized carbons (Fsp3) is 0.409. The Hall–Kier alpha value is -2.89. The van der Waals surface area contributed by atoms with Gasteiger partial charge in [-0.2, -0.15) is 0 Å². The van der Waals surface area contributed by atoms with Crippen LogP contribution in [0.4, 0.5) is 11.5 Å². The summed E-state index contributed by atoms with van der Waals surface area (Å²) in [5.74, 6) is 0.976. The van der Waals surface area contributed by atoms with Crippen molar-refractivity contribution in [3.63, 3.8) is 0 Å². The van der Waals surface area contributed by atoms with Crippen molar-refractivity contribution in [1.82, 2.24) is 10.3 Å². The topological polar surface area (TPSA) is 74.3 Å². The van der Waals surface area contributed by atoms with Gasteiger partial charge in [0.15, 0.2) is 0 Å². The number of carbonyl (C=O) groups excluding carboxylic acids is 2. The van der Waals surface area contributed by atoms with Crippen LogP contribution >= 0.6 is 0 Å². The Kier molecular flexibility index (Phi) is 5.55. The van der Waals surface area contributed by atoms with Crippen LogP contribution in [0.15, 0.2) is 48.7 Å². The van der Waals surface area contributed by atoms with Gasteiger partial charge >= 0.3 is 0 Å². The van der Waals surface area contributed by atoms with Gasteiger partial charge in [0.25, 0.3) is 0 Å². The molecule has 1 saturated heterocycles. The molecule has 1 aliphatic carbocycles. The fourth-order valence-corrected chi connectivity index (χ4v) is 3.58. The summed E-state index contributed by atoms with van der Waals surface area (Å²) in [5.41, 5.74) is 1.72. The molecule has 1 unspecified atom stereocenters. The third kappa shape index (κ3) is 4.88. The van der Waals surface area contributed by atoms with Crippen LogP contribution in [-0.4, -0.2) is 35.9 Å². The zero-order valence-electron chi connectivity index (χ0n) is 15.9. The summed E-state index contributed by atoms with van der Waals surface area (Å²) in [6, 6.07) is 13.8. The SMILES string of the molecule is O=C(Cc1ccc(NC(=O)C2CCCN(c3ccccn3)C2)cc1)NC1CC1. The van der Waals surface area contributed by atoms with Crippen molar-refractivity contribution < 1.29 is 9.59 Å². The Labute approximate surface area is 165 Å². The van der Waals surface area contributed by atoms with E-state index in [1.54, 1.807) is 6.20 Å². The molecule has 1 aromatic carbocycles. The molecule has 0 bridgehead atoms. The molecule has 6 nitrogen and oxygen atoms in total. The van der Waals surface area contributed by atoms with E-state index in [9.17, 15) is 9.59 Å². The first-order chi connectivity index (χ1) is 13.7. The van der Waals surface area contributed by atoms with Gasteiger partial charge in [0.1, 0.15) is 5.82 Å². The minimum Gasteiger partial charge on any atom is -0.356 e. The molecule has 2 amide bonds. The van der Waals surface area contributed by atoms with Crippen LogP contribution < -0.4 is 15.5 Å². The van der Waals surface area contributed by atoms with Crippen molar-refractivity contribution in [2.75, 3.05) is 23.3 Å². The summed E-state index contributed by atoms with van der Waals surface area (Å²) >= 11 is 0. The molecule has 1 aromatic heterocycles. The normalized spacial score (nSPS) is 19.1. The molecular weight excluding hydrogens is 352 g/mol. The van der Waals surface area contributed by atoms with Gasteiger partial charge in [-0.1, -0.05) is 18.2 Å². The minimum absolute atomic E-state index is 0.0415. The van der Waals surface area contributed by atoms with Gasteiger partial charge in [0.05, 0.1) is 12.3 Å². The highest BCUT2D eigenvalue weighted by Gasteiger charge is 2.26. The number of benzene rings is 1. The summed E-state index contributed by atoms with van der Waals surface area (Å²) in [7, 11) is 0.